The normalized spacial score (nSPS) is 26.2. The predicted molar refractivity (Wildman–Crippen MR) is 73.5 cm³/mol. The Labute approximate surface area is 128 Å². The monoisotopic (exact) mass is 324 g/mol. The van der Waals surface area contributed by atoms with Crippen LogP contribution in [-0.4, -0.2) is 62.7 Å². The molecule has 128 valence electrons. The van der Waals surface area contributed by atoms with Crippen molar-refractivity contribution in [3.8, 4) is 0 Å². The molecule has 2 heterocycles. The topological polar surface area (TPSA) is 50.8 Å². The number of carbonyl (C=O) groups excluding carboxylic acids is 1. The molecule has 2 rings (SSSR count). The molecule has 2 aliphatic rings. The second-order valence-electron chi connectivity index (χ2n) is 5.77. The van der Waals surface area contributed by atoms with Crippen LogP contribution in [0.25, 0.3) is 0 Å². The van der Waals surface area contributed by atoms with E-state index in [9.17, 15) is 18.0 Å². The van der Waals surface area contributed by atoms with Gasteiger partial charge in [-0.05, 0) is 25.7 Å². The highest BCUT2D eigenvalue weighted by Crippen LogP contribution is 2.32. The van der Waals surface area contributed by atoms with Crippen molar-refractivity contribution in [2.24, 2.45) is 5.92 Å². The minimum absolute atomic E-state index is 0.0950. The standard InChI is InChI=1S/C14H23F3N2O3/c15-14(16,17)11-3-1-6-19(9-11)13(20)18-5-8-21-10-12-4-2-7-22-12/h11-12H,1-10H2,(H,18,20)/t11-,12+/m1/s1. The smallest absolute Gasteiger partial charge is 0.377 e. The summed E-state index contributed by atoms with van der Waals surface area (Å²) in [4.78, 5) is 13.1. The van der Waals surface area contributed by atoms with Gasteiger partial charge < -0.3 is 19.7 Å². The lowest BCUT2D eigenvalue weighted by molar-refractivity contribution is -0.184. The van der Waals surface area contributed by atoms with Gasteiger partial charge in [0.1, 0.15) is 0 Å². The summed E-state index contributed by atoms with van der Waals surface area (Å²) < 4.78 is 48.8. The number of carbonyl (C=O) groups is 1. The molecule has 1 N–H and O–H groups in total. The van der Waals surface area contributed by atoms with E-state index in [1.54, 1.807) is 0 Å². The summed E-state index contributed by atoms with van der Waals surface area (Å²) >= 11 is 0. The quantitative estimate of drug-likeness (QED) is 0.789. The number of rotatable bonds is 5. The Morgan fingerprint density at radius 1 is 1.32 bits per heavy atom. The van der Waals surface area contributed by atoms with Crippen LogP contribution in [0.15, 0.2) is 0 Å². The first-order chi connectivity index (χ1) is 10.5. The summed E-state index contributed by atoms with van der Waals surface area (Å²) in [6, 6.07) is -0.449. The molecule has 2 atom stereocenters. The fourth-order valence-corrected chi connectivity index (χ4v) is 2.76. The van der Waals surface area contributed by atoms with E-state index in [1.807, 2.05) is 0 Å². The Bertz CT molecular complexity index is 360. The van der Waals surface area contributed by atoms with Gasteiger partial charge in [-0.2, -0.15) is 13.2 Å². The van der Waals surface area contributed by atoms with Gasteiger partial charge in [0.05, 0.1) is 25.2 Å². The summed E-state index contributed by atoms with van der Waals surface area (Å²) in [7, 11) is 0. The van der Waals surface area contributed by atoms with Crippen molar-refractivity contribution in [2.45, 2.75) is 38.0 Å². The summed E-state index contributed by atoms with van der Waals surface area (Å²) in [5.41, 5.74) is 0. The van der Waals surface area contributed by atoms with Gasteiger partial charge in [-0.1, -0.05) is 0 Å². The third-order valence-corrected chi connectivity index (χ3v) is 4.02. The molecule has 2 amide bonds. The van der Waals surface area contributed by atoms with Crippen molar-refractivity contribution in [2.75, 3.05) is 39.5 Å². The fourth-order valence-electron chi connectivity index (χ4n) is 2.76. The molecule has 2 aliphatic heterocycles. The van der Waals surface area contributed by atoms with E-state index in [1.165, 1.54) is 4.90 Å². The number of alkyl halides is 3. The maximum atomic E-state index is 12.7. The number of nitrogens with zero attached hydrogens (tertiary/aromatic N) is 1. The molecule has 0 aromatic rings. The van der Waals surface area contributed by atoms with E-state index >= 15 is 0 Å². The minimum Gasteiger partial charge on any atom is -0.377 e. The van der Waals surface area contributed by atoms with Crippen LogP contribution in [0.1, 0.15) is 25.7 Å². The lowest BCUT2D eigenvalue weighted by atomic mass is 9.98. The maximum Gasteiger partial charge on any atom is 0.393 e. The van der Waals surface area contributed by atoms with Crippen LogP contribution in [-0.2, 0) is 9.47 Å². The molecule has 0 radical (unpaired) electrons. The van der Waals surface area contributed by atoms with E-state index in [0.717, 1.165) is 19.4 Å². The average molecular weight is 324 g/mol. The number of halogens is 3. The van der Waals surface area contributed by atoms with Gasteiger partial charge in [0.15, 0.2) is 0 Å². The van der Waals surface area contributed by atoms with Gasteiger partial charge in [-0.25, -0.2) is 4.79 Å². The molecular formula is C14H23F3N2O3. The van der Waals surface area contributed by atoms with Crippen LogP contribution in [0.5, 0.6) is 0 Å². The second kappa shape index (κ2) is 8.01. The number of hydrogen-bond donors (Lipinski definition) is 1. The summed E-state index contributed by atoms with van der Waals surface area (Å²) in [5, 5.41) is 2.60. The Morgan fingerprint density at radius 3 is 2.82 bits per heavy atom. The van der Waals surface area contributed by atoms with E-state index in [2.05, 4.69) is 5.32 Å². The van der Waals surface area contributed by atoms with E-state index < -0.39 is 18.1 Å². The third-order valence-electron chi connectivity index (χ3n) is 4.02. The van der Waals surface area contributed by atoms with Gasteiger partial charge in [-0.15, -0.1) is 0 Å². The van der Waals surface area contributed by atoms with Crippen LogP contribution in [0.2, 0.25) is 0 Å². The number of hydrogen-bond acceptors (Lipinski definition) is 3. The van der Waals surface area contributed by atoms with Crippen molar-refractivity contribution in [1.29, 1.82) is 0 Å². The molecule has 22 heavy (non-hydrogen) atoms. The molecule has 0 aliphatic carbocycles. The predicted octanol–water partition coefficient (Wildman–Crippen LogP) is 2.17. The van der Waals surface area contributed by atoms with Gasteiger partial charge in [-0.3, -0.25) is 0 Å². The zero-order valence-corrected chi connectivity index (χ0v) is 12.5. The molecule has 0 unspecified atom stereocenters. The molecule has 0 aromatic heterocycles. The van der Waals surface area contributed by atoms with Crippen LogP contribution >= 0.6 is 0 Å². The number of nitrogens with one attached hydrogen (secondary N) is 1. The van der Waals surface area contributed by atoms with Crippen molar-refractivity contribution in [3.63, 3.8) is 0 Å². The van der Waals surface area contributed by atoms with Crippen LogP contribution in [0, 0.1) is 5.92 Å². The van der Waals surface area contributed by atoms with Crippen LogP contribution in [0.4, 0.5) is 18.0 Å². The van der Waals surface area contributed by atoms with Crippen molar-refractivity contribution in [1.82, 2.24) is 10.2 Å². The van der Waals surface area contributed by atoms with Crippen LogP contribution < -0.4 is 5.32 Å². The Morgan fingerprint density at radius 2 is 2.14 bits per heavy atom. The van der Waals surface area contributed by atoms with E-state index in [-0.39, 0.29) is 19.1 Å². The number of urea groups is 1. The molecule has 0 spiro atoms. The van der Waals surface area contributed by atoms with E-state index in [0.29, 0.717) is 32.7 Å². The molecule has 0 bridgehead atoms. The average Bonchev–Trinajstić information content (AvgIpc) is 2.99. The van der Waals surface area contributed by atoms with Crippen molar-refractivity contribution < 1.29 is 27.4 Å². The number of ether oxygens (including phenoxy) is 2. The molecule has 0 aromatic carbocycles. The van der Waals surface area contributed by atoms with Crippen LogP contribution in [0.3, 0.4) is 0 Å². The maximum absolute atomic E-state index is 12.7. The first-order valence-electron chi connectivity index (χ1n) is 7.75. The Hall–Kier alpha value is -1.02. The van der Waals surface area contributed by atoms with E-state index in [4.69, 9.17) is 9.47 Å². The molecule has 0 saturated carbocycles. The second-order valence-corrected chi connectivity index (χ2v) is 5.77. The van der Waals surface area contributed by atoms with Gasteiger partial charge in [0.25, 0.3) is 0 Å². The molecule has 2 saturated heterocycles. The SMILES string of the molecule is O=C(NCCOC[C@@H]1CCCO1)N1CCC[C@@H](C(F)(F)F)C1. The minimum atomic E-state index is -4.23. The lowest BCUT2D eigenvalue weighted by Crippen LogP contribution is -2.49. The summed E-state index contributed by atoms with van der Waals surface area (Å²) in [5.74, 6) is -1.41. The number of likely N-dealkylation sites (tertiary alicyclic amines) is 1. The molecular weight excluding hydrogens is 301 g/mol. The Balaban J connectivity index is 1.60. The van der Waals surface area contributed by atoms with Gasteiger partial charge in [0, 0.05) is 26.2 Å². The molecule has 5 nitrogen and oxygen atoms in total. The third kappa shape index (κ3) is 5.31. The largest absolute Gasteiger partial charge is 0.393 e. The Kier molecular flexibility index (Phi) is 6.31. The highest BCUT2D eigenvalue weighted by Gasteiger charge is 2.42. The van der Waals surface area contributed by atoms with Crippen molar-refractivity contribution >= 4 is 6.03 Å². The highest BCUT2D eigenvalue weighted by molar-refractivity contribution is 5.74. The van der Waals surface area contributed by atoms with Crippen molar-refractivity contribution in [3.05, 3.63) is 0 Å². The first kappa shape index (κ1) is 17.3. The molecule has 8 heteroatoms. The summed E-state index contributed by atoms with van der Waals surface area (Å²) in [6.07, 6.45) is -1.60. The summed E-state index contributed by atoms with van der Waals surface area (Å²) in [6.45, 7) is 2.00. The zero-order valence-electron chi connectivity index (χ0n) is 12.5. The zero-order chi connectivity index (χ0) is 16.0. The van der Waals surface area contributed by atoms with Gasteiger partial charge in [0.2, 0.25) is 0 Å². The lowest BCUT2D eigenvalue weighted by Gasteiger charge is -2.33. The number of piperidine rings is 1. The number of amides is 2. The fraction of sp³-hybridized carbons (Fsp3) is 0.929. The molecule has 2 fully saturated rings. The van der Waals surface area contributed by atoms with Gasteiger partial charge >= 0.3 is 12.2 Å². The first-order valence-corrected chi connectivity index (χ1v) is 7.75. The highest BCUT2D eigenvalue weighted by atomic mass is 19.4.